The second-order valence-electron chi connectivity index (χ2n) is 5.05. The van der Waals surface area contributed by atoms with Crippen LogP contribution < -0.4 is 5.32 Å². The molecule has 84 valence electrons. The summed E-state index contributed by atoms with van der Waals surface area (Å²) in [5.74, 6) is -0.128. The van der Waals surface area contributed by atoms with Crippen molar-refractivity contribution < 1.29 is 4.79 Å². The first-order valence-corrected chi connectivity index (χ1v) is 5.17. The summed E-state index contributed by atoms with van der Waals surface area (Å²) in [5.41, 5.74) is 1.41. The molecule has 0 saturated heterocycles. The molecule has 0 atom stereocenters. The van der Waals surface area contributed by atoms with E-state index in [2.05, 4.69) is 36.3 Å². The summed E-state index contributed by atoms with van der Waals surface area (Å²) in [5, 5.41) is 9.69. The summed E-state index contributed by atoms with van der Waals surface area (Å²) in [7, 11) is 0. The van der Waals surface area contributed by atoms with E-state index in [-0.39, 0.29) is 17.4 Å². The summed E-state index contributed by atoms with van der Waals surface area (Å²) in [6, 6.07) is 1.94. The summed E-state index contributed by atoms with van der Waals surface area (Å²) < 4.78 is 0. The van der Waals surface area contributed by atoms with Gasteiger partial charge in [-0.2, -0.15) is 5.10 Å². The number of carbonyl (C=O) groups excluding carboxylic acids is 1. The van der Waals surface area contributed by atoms with Gasteiger partial charge in [-0.25, -0.2) is 0 Å². The van der Waals surface area contributed by atoms with E-state index in [1.807, 2.05) is 13.8 Å². The van der Waals surface area contributed by atoms with Crippen molar-refractivity contribution in [3.8, 4) is 0 Å². The zero-order valence-electron chi connectivity index (χ0n) is 10.0. The van der Waals surface area contributed by atoms with Crippen molar-refractivity contribution in [2.24, 2.45) is 0 Å². The standard InChI is InChI=1S/C11H19N3O/c1-7(2)12-10(15)8-6-9(14-13-8)11(3,4)5/h6-7H,1-5H3,(H,12,15)(H,13,14). The van der Waals surface area contributed by atoms with Crippen LogP contribution in [0, 0.1) is 0 Å². The average molecular weight is 209 g/mol. The van der Waals surface area contributed by atoms with Crippen LogP contribution in [0.2, 0.25) is 0 Å². The summed E-state index contributed by atoms with van der Waals surface area (Å²) in [6.07, 6.45) is 0. The van der Waals surface area contributed by atoms with E-state index in [1.165, 1.54) is 0 Å². The maximum absolute atomic E-state index is 11.6. The molecular weight excluding hydrogens is 190 g/mol. The van der Waals surface area contributed by atoms with E-state index in [4.69, 9.17) is 0 Å². The maximum Gasteiger partial charge on any atom is 0.271 e. The molecule has 0 aliphatic heterocycles. The molecule has 0 unspecified atom stereocenters. The second kappa shape index (κ2) is 4.04. The van der Waals surface area contributed by atoms with Crippen molar-refractivity contribution in [1.29, 1.82) is 0 Å². The Hall–Kier alpha value is -1.32. The van der Waals surface area contributed by atoms with E-state index in [0.717, 1.165) is 5.69 Å². The number of hydrogen-bond acceptors (Lipinski definition) is 2. The number of amides is 1. The quantitative estimate of drug-likeness (QED) is 0.781. The molecule has 1 rings (SSSR count). The third-order valence-electron chi connectivity index (χ3n) is 2.04. The SMILES string of the molecule is CC(C)NC(=O)c1cc(C(C)(C)C)[nH]n1. The molecule has 1 aromatic heterocycles. The van der Waals surface area contributed by atoms with E-state index in [0.29, 0.717) is 5.69 Å². The third-order valence-corrected chi connectivity index (χ3v) is 2.04. The van der Waals surface area contributed by atoms with Crippen molar-refractivity contribution in [2.75, 3.05) is 0 Å². The van der Waals surface area contributed by atoms with Crippen LogP contribution in [0.25, 0.3) is 0 Å². The molecule has 0 aliphatic carbocycles. The predicted molar refractivity (Wildman–Crippen MR) is 59.9 cm³/mol. The highest BCUT2D eigenvalue weighted by Gasteiger charge is 2.19. The van der Waals surface area contributed by atoms with E-state index in [1.54, 1.807) is 6.07 Å². The molecule has 1 amide bonds. The normalized spacial score (nSPS) is 11.9. The van der Waals surface area contributed by atoms with Crippen LogP contribution in [-0.4, -0.2) is 22.1 Å². The number of carbonyl (C=O) groups is 1. The van der Waals surface area contributed by atoms with Crippen molar-refractivity contribution in [3.63, 3.8) is 0 Å². The molecule has 0 aliphatic rings. The van der Waals surface area contributed by atoms with Crippen molar-refractivity contribution in [2.45, 2.75) is 46.1 Å². The summed E-state index contributed by atoms with van der Waals surface area (Å²) in [4.78, 5) is 11.6. The number of H-pyrrole nitrogens is 1. The zero-order valence-corrected chi connectivity index (χ0v) is 10.0. The Labute approximate surface area is 90.5 Å². The van der Waals surface area contributed by atoms with Gasteiger partial charge in [-0.15, -0.1) is 0 Å². The molecule has 1 heterocycles. The summed E-state index contributed by atoms with van der Waals surface area (Å²) >= 11 is 0. The highest BCUT2D eigenvalue weighted by molar-refractivity contribution is 5.92. The Morgan fingerprint density at radius 3 is 2.47 bits per heavy atom. The fraction of sp³-hybridized carbons (Fsp3) is 0.636. The smallest absolute Gasteiger partial charge is 0.271 e. The molecule has 0 bridgehead atoms. The van der Waals surface area contributed by atoms with E-state index < -0.39 is 0 Å². The molecule has 4 heteroatoms. The highest BCUT2D eigenvalue weighted by Crippen LogP contribution is 2.20. The number of rotatable bonds is 2. The first kappa shape index (κ1) is 11.8. The molecular formula is C11H19N3O. The molecule has 15 heavy (non-hydrogen) atoms. The van der Waals surface area contributed by atoms with Gasteiger partial charge in [-0.3, -0.25) is 9.89 Å². The number of aromatic nitrogens is 2. The molecule has 0 radical (unpaired) electrons. The van der Waals surface area contributed by atoms with Crippen LogP contribution in [-0.2, 0) is 5.41 Å². The van der Waals surface area contributed by atoms with Gasteiger partial charge in [-0.1, -0.05) is 20.8 Å². The van der Waals surface area contributed by atoms with Gasteiger partial charge in [0.15, 0.2) is 0 Å². The van der Waals surface area contributed by atoms with Crippen molar-refractivity contribution in [3.05, 3.63) is 17.5 Å². The number of aromatic amines is 1. The molecule has 0 fully saturated rings. The lowest BCUT2D eigenvalue weighted by molar-refractivity contribution is 0.0938. The Bertz CT molecular complexity index is 347. The molecule has 1 aromatic rings. The number of nitrogens with one attached hydrogen (secondary N) is 2. The lowest BCUT2D eigenvalue weighted by Crippen LogP contribution is -2.30. The first-order valence-electron chi connectivity index (χ1n) is 5.17. The van der Waals surface area contributed by atoms with Crippen molar-refractivity contribution in [1.82, 2.24) is 15.5 Å². The molecule has 0 saturated carbocycles. The fourth-order valence-electron chi connectivity index (χ4n) is 1.16. The maximum atomic E-state index is 11.6. The molecule has 4 nitrogen and oxygen atoms in total. The first-order chi connectivity index (χ1) is 6.80. The van der Waals surface area contributed by atoms with Crippen LogP contribution in [0.5, 0.6) is 0 Å². The topological polar surface area (TPSA) is 57.8 Å². The van der Waals surface area contributed by atoms with Gasteiger partial charge in [0.05, 0.1) is 0 Å². The minimum atomic E-state index is -0.128. The van der Waals surface area contributed by atoms with Gasteiger partial charge in [0, 0.05) is 17.2 Å². The van der Waals surface area contributed by atoms with Crippen LogP contribution in [0.3, 0.4) is 0 Å². The Kier molecular flexibility index (Phi) is 3.17. The highest BCUT2D eigenvalue weighted by atomic mass is 16.2. The van der Waals surface area contributed by atoms with Gasteiger partial charge in [0.25, 0.3) is 5.91 Å². The lowest BCUT2D eigenvalue weighted by Gasteiger charge is -2.14. The molecule has 0 spiro atoms. The minimum absolute atomic E-state index is 0.0106. The minimum Gasteiger partial charge on any atom is -0.348 e. The number of hydrogen-bond donors (Lipinski definition) is 2. The van der Waals surface area contributed by atoms with Crippen LogP contribution in [0.1, 0.15) is 50.8 Å². The Morgan fingerprint density at radius 2 is 2.07 bits per heavy atom. The van der Waals surface area contributed by atoms with Gasteiger partial charge >= 0.3 is 0 Å². The van der Waals surface area contributed by atoms with Gasteiger partial charge in [-0.05, 0) is 19.9 Å². The third kappa shape index (κ3) is 3.08. The predicted octanol–water partition coefficient (Wildman–Crippen LogP) is 1.85. The summed E-state index contributed by atoms with van der Waals surface area (Å²) in [6.45, 7) is 10.1. The molecule has 0 aromatic carbocycles. The fourth-order valence-corrected chi connectivity index (χ4v) is 1.16. The van der Waals surface area contributed by atoms with E-state index in [9.17, 15) is 4.79 Å². The largest absolute Gasteiger partial charge is 0.348 e. The monoisotopic (exact) mass is 209 g/mol. The van der Waals surface area contributed by atoms with Crippen molar-refractivity contribution >= 4 is 5.91 Å². The lowest BCUT2D eigenvalue weighted by atomic mass is 9.92. The Morgan fingerprint density at radius 1 is 1.47 bits per heavy atom. The Balaban J connectivity index is 2.81. The van der Waals surface area contributed by atoms with Crippen LogP contribution in [0.15, 0.2) is 6.07 Å². The average Bonchev–Trinajstić information content (AvgIpc) is 2.48. The number of nitrogens with zero attached hydrogens (tertiary/aromatic N) is 1. The van der Waals surface area contributed by atoms with Gasteiger partial charge in [0.2, 0.25) is 0 Å². The second-order valence-corrected chi connectivity index (χ2v) is 5.05. The van der Waals surface area contributed by atoms with E-state index >= 15 is 0 Å². The zero-order chi connectivity index (χ0) is 11.6. The molecule has 2 N–H and O–H groups in total. The van der Waals surface area contributed by atoms with Crippen LogP contribution >= 0.6 is 0 Å². The van der Waals surface area contributed by atoms with Gasteiger partial charge < -0.3 is 5.32 Å². The van der Waals surface area contributed by atoms with Crippen LogP contribution in [0.4, 0.5) is 0 Å². The van der Waals surface area contributed by atoms with Gasteiger partial charge in [0.1, 0.15) is 5.69 Å².